The highest BCUT2D eigenvalue weighted by Gasteiger charge is 2.06. The Bertz CT molecular complexity index is 580. The summed E-state index contributed by atoms with van der Waals surface area (Å²) in [6.45, 7) is 9.15. The molecule has 0 fully saturated rings. The molecule has 124 valence electrons. The van der Waals surface area contributed by atoms with Crippen LogP contribution in [0.5, 0.6) is 5.75 Å². The number of benzene rings is 2. The minimum Gasteiger partial charge on any atom is -0.491 e. The summed E-state index contributed by atoms with van der Waals surface area (Å²) in [7, 11) is 0. The fourth-order valence-corrected chi connectivity index (χ4v) is 2.40. The number of aryl methyl sites for hydroxylation is 1. The number of nitrogens with one attached hydrogen (secondary N) is 1. The lowest BCUT2D eigenvalue weighted by atomic mass is 10.1. The Hall–Kier alpha value is -1.84. The molecule has 0 aromatic heterocycles. The van der Waals surface area contributed by atoms with Crippen LogP contribution in [0, 0.1) is 6.92 Å². The van der Waals surface area contributed by atoms with E-state index in [1.54, 1.807) is 0 Å². The summed E-state index contributed by atoms with van der Waals surface area (Å²) in [5.74, 6) is 0.888. The second-order valence-electron chi connectivity index (χ2n) is 5.64. The van der Waals surface area contributed by atoms with Crippen LogP contribution in [-0.4, -0.2) is 19.8 Å². The predicted molar refractivity (Wildman–Crippen MR) is 94.9 cm³/mol. The van der Waals surface area contributed by atoms with E-state index in [1.165, 1.54) is 16.7 Å². The average molecular weight is 313 g/mol. The van der Waals surface area contributed by atoms with Crippen LogP contribution in [-0.2, 0) is 11.3 Å². The molecule has 0 amide bonds. The summed E-state index contributed by atoms with van der Waals surface area (Å²) in [4.78, 5) is 0. The van der Waals surface area contributed by atoms with Crippen molar-refractivity contribution < 1.29 is 9.47 Å². The van der Waals surface area contributed by atoms with Gasteiger partial charge in [-0.05, 0) is 49.6 Å². The van der Waals surface area contributed by atoms with Crippen LogP contribution >= 0.6 is 0 Å². The lowest BCUT2D eigenvalue weighted by Gasteiger charge is -2.16. The molecule has 3 heteroatoms. The Kier molecular flexibility index (Phi) is 7.11. The first-order valence-corrected chi connectivity index (χ1v) is 8.29. The third-order valence-electron chi connectivity index (χ3n) is 3.94. The van der Waals surface area contributed by atoms with Gasteiger partial charge in [0.15, 0.2) is 0 Å². The van der Waals surface area contributed by atoms with Gasteiger partial charge in [0.05, 0.1) is 6.61 Å². The molecule has 1 unspecified atom stereocenters. The SMILES string of the molecule is CCOCCOc1ccc(C(C)NCc2ccccc2C)cc1. The Morgan fingerprint density at radius 1 is 1.00 bits per heavy atom. The summed E-state index contributed by atoms with van der Waals surface area (Å²) in [6.07, 6.45) is 0. The maximum Gasteiger partial charge on any atom is 0.119 e. The Morgan fingerprint density at radius 2 is 1.74 bits per heavy atom. The first kappa shape index (κ1) is 17.5. The van der Waals surface area contributed by atoms with Gasteiger partial charge in [-0.25, -0.2) is 0 Å². The van der Waals surface area contributed by atoms with E-state index >= 15 is 0 Å². The van der Waals surface area contributed by atoms with Crippen LogP contribution in [0.3, 0.4) is 0 Å². The third kappa shape index (κ3) is 5.70. The molecule has 1 N–H and O–H groups in total. The molecule has 0 spiro atoms. The largest absolute Gasteiger partial charge is 0.491 e. The normalized spacial score (nSPS) is 12.1. The van der Waals surface area contributed by atoms with Gasteiger partial charge < -0.3 is 14.8 Å². The Morgan fingerprint density at radius 3 is 2.43 bits per heavy atom. The second-order valence-corrected chi connectivity index (χ2v) is 5.64. The van der Waals surface area contributed by atoms with Gasteiger partial charge >= 0.3 is 0 Å². The van der Waals surface area contributed by atoms with E-state index in [0.29, 0.717) is 19.3 Å². The molecule has 0 saturated heterocycles. The number of rotatable bonds is 9. The van der Waals surface area contributed by atoms with E-state index in [4.69, 9.17) is 9.47 Å². The van der Waals surface area contributed by atoms with E-state index in [2.05, 4.69) is 55.6 Å². The van der Waals surface area contributed by atoms with E-state index in [0.717, 1.165) is 18.9 Å². The Labute approximate surface area is 139 Å². The van der Waals surface area contributed by atoms with Crippen molar-refractivity contribution in [1.82, 2.24) is 5.32 Å². The van der Waals surface area contributed by atoms with Crippen molar-refractivity contribution in [2.75, 3.05) is 19.8 Å². The van der Waals surface area contributed by atoms with E-state index in [1.807, 2.05) is 19.1 Å². The van der Waals surface area contributed by atoms with E-state index in [9.17, 15) is 0 Å². The molecule has 0 aliphatic carbocycles. The van der Waals surface area contributed by atoms with Gasteiger partial charge in [0.25, 0.3) is 0 Å². The Balaban J connectivity index is 1.82. The minimum absolute atomic E-state index is 0.298. The van der Waals surface area contributed by atoms with Crippen LogP contribution in [0.25, 0.3) is 0 Å². The lowest BCUT2D eigenvalue weighted by Crippen LogP contribution is -2.18. The van der Waals surface area contributed by atoms with Crippen molar-refractivity contribution in [3.63, 3.8) is 0 Å². The highest BCUT2D eigenvalue weighted by molar-refractivity contribution is 5.29. The van der Waals surface area contributed by atoms with Gasteiger partial charge in [-0.2, -0.15) is 0 Å². The predicted octanol–water partition coefficient (Wildman–Crippen LogP) is 4.26. The quantitative estimate of drug-likeness (QED) is 0.702. The van der Waals surface area contributed by atoms with E-state index in [-0.39, 0.29) is 0 Å². The van der Waals surface area contributed by atoms with Gasteiger partial charge in [-0.1, -0.05) is 36.4 Å². The fourth-order valence-electron chi connectivity index (χ4n) is 2.40. The summed E-state index contributed by atoms with van der Waals surface area (Å²) >= 11 is 0. The van der Waals surface area contributed by atoms with Gasteiger partial charge in [-0.3, -0.25) is 0 Å². The average Bonchev–Trinajstić information content (AvgIpc) is 2.58. The first-order valence-electron chi connectivity index (χ1n) is 8.29. The summed E-state index contributed by atoms with van der Waals surface area (Å²) in [6, 6.07) is 17.1. The zero-order chi connectivity index (χ0) is 16.5. The maximum absolute atomic E-state index is 5.64. The maximum atomic E-state index is 5.64. The monoisotopic (exact) mass is 313 g/mol. The molecule has 0 radical (unpaired) electrons. The lowest BCUT2D eigenvalue weighted by molar-refractivity contribution is 0.110. The molecule has 3 nitrogen and oxygen atoms in total. The molecule has 0 aliphatic heterocycles. The van der Waals surface area contributed by atoms with Crippen molar-refractivity contribution in [2.45, 2.75) is 33.4 Å². The zero-order valence-corrected chi connectivity index (χ0v) is 14.3. The molecule has 2 aromatic carbocycles. The molecule has 0 aliphatic rings. The van der Waals surface area contributed by atoms with Crippen LogP contribution < -0.4 is 10.1 Å². The van der Waals surface area contributed by atoms with Crippen LogP contribution in [0.15, 0.2) is 48.5 Å². The number of hydrogen-bond donors (Lipinski definition) is 1. The third-order valence-corrected chi connectivity index (χ3v) is 3.94. The molecule has 0 saturated carbocycles. The minimum atomic E-state index is 0.298. The van der Waals surface area contributed by atoms with Gasteiger partial charge in [0.2, 0.25) is 0 Å². The smallest absolute Gasteiger partial charge is 0.119 e. The van der Waals surface area contributed by atoms with Gasteiger partial charge in [0, 0.05) is 19.2 Å². The van der Waals surface area contributed by atoms with Crippen molar-refractivity contribution in [1.29, 1.82) is 0 Å². The van der Waals surface area contributed by atoms with Crippen LogP contribution in [0.4, 0.5) is 0 Å². The number of hydrogen-bond acceptors (Lipinski definition) is 3. The molecule has 1 atom stereocenters. The molecule has 2 rings (SSSR count). The second kappa shape index (κ2) is 9.33. The summed E-state index contributed by atoms with van der Waals surface area (Å²) in [5.41, 5.74) is 3.93. The van der Waals surface area contributed by atoms with Crippen molar-refractivity contribution >= 4 is 0 Å². The van der Waals surface area contributed by atoms with E-state index < -0.39 is 0 Å². The topological polar surface area (TPSA) is 30.5 Å². The van der Waals surface area contributed by atoms with Crippen molar-refractivity contribution in [3.8, 4) is 5.75 Å². The highest BCUT2D eigenvalue weighted by atomic mass is 16.5. The molecular weight excluding hydrogens is 286 g/mol. The zero-order valence-electron chi connectivity index (χ0n) is 14.3. The van der Waals surface area contributed by atoms with Crippen molar-refractivity contribution in [2.24, 2.45) is 0 Å². The van der Waals surface area contributed by atoms with Gasteiger partial charge in [-0.15, -0.1) is 0 Å². The van der Waals surface area contributed by atoms with Crippen LogP contribution in [0.1, 0.15) is 36.6 Å². The summed E-state index contributed by atoms with van der Waals surface area (Å²) < 4.78 is 10.9. The molecule has 0 bridgehead atoms. The highest BCUT2D eigenvalue weighted by Crippen LogP contribution is 2.18. The number of ether oxygens (including phenoxy) is 2. The fraction of sp³-hybridized carbons (Fsp3) is 0.400. The summed E-state index contributed by atoms with van der Waals surface area (Å²) in [5, 5.41) is 3.57. The first-order chi connectivity index (χ1) is 11.2. The molecule has 0 heterocycles. The standard InChI is InChI=1S/C20H27NO2/c1-4-22-13-14-23-20-11-9-18(10-12-20)17(3)21-15-19-8-6-5-7-16(19)2/h5-12,17,21H,4,13-15H2,1-3H3. The molecule has 23 heavy (non-hydrogen) atoms. The molecular formula is C20H27NO2. The van der Waals surface area contributed by atoms with Gasteiger partial charge in [0.1, 0.15) is 12.4 Å². The molecule has 2 aromatic rings. The van der Waals surface area contributed by atoms with Crippen LogP contribution in [0.2, 0.25) is 0 Å². The van der Waals surface area contributed by atoms with Crippen molar-refractivity contribution in [3.05, 3.63) is 65.2 Å².